The quantitative estimate of drug-likeness (QED) is 0.0908. The van der Waals surface area contributed by atoms with Gasteiger partial charge in [0.15, 0.2) is 12.0 Å². The number of para-hydroxylation sites is 5. The zero-order valence-electron chi connectivity index (χ0n) is 35.6. The van der Waals surface area contributed by atoms with Gasteiger partial charge in [-0.3, -0.25) is 9.55 Å². The molecule has 1 radical (unpaired) electrons. The van der Waals surface area contributed by atoms with Gasteiger partial charge in [-0.1, -0.05) is 159 Å². The average Bonchev–Trinajstić information content (AvgIpc) is 3.93. The number of nitrogens with zero attached hydrogens (tertiary/aromatic N) is 6. The minimum absolute atomic E-state index is 0. The maximum absolute atomic E-state index is 4.80. The van der Waals surface area contributed by atoms with Crippen molar-refractivity contribution in [1.82, 2.24) is 24.1 Å². The Balaban J connectivity index is 0.000000167. The van der Waals surface area contributed by atoms with E-state index in [1.165, 1.54) is 71.9 Å². The predicted molar refractivity (Wildman–Crippen MR) is 245 cm³/mol. The standard InChI is InChI=1S/C29H36N4.C24H15N2.Au/c1-18(2)22-11-9-12-23(19(3)4)26(22)32-17-33(29-28(32)30-15-16-31-29)27-24(20(5)6)13-10-14-25(27)21(7)8;1-4-10-21-17(7-1)20-15-16(13-14-22(20)25-21)26-23-11-5-2-8-18(23)19-9-3-6-12-24(19)26;/h9-16,18-21H,1-8H3;1-15H;/q;-1;. The third-order valence-electron chi connectivity index (χ3n) is 11.7. The fourth-order valence-corrected chi connectivity index (χ4v) is 8.79. The fourth-order valence-electron chi connectivity index (χ4n) is 8.79. The molecule has 7 heteroatoms. The Morgan fingerprint density at radius 2 is 1.02 bits per heavy atom. The van der Waals surface area contributed by atoms with Crippen LogP contribution in [-0.4, -0.2) is 19.1 Å². The summed E-state index contributed by atoms with van der Waals surface area (Å²) in [6.45, 7) is 18.0. The summed E-state index contributed by atoms with van der Waals surface area (Å²) >= 11 is 0. The van der Waals surface area contributed by atoms with Crippen molar-refractivity contribution in [2.45, 2.75) is 79.1 Å². The summed E-state index contributed by atoms with van der Waals surface area (Å²) in [5.74, 6) is 1.51. The van der Waals surface area contributed by atoms with Crippen molar-refractivity contribution in [3.05, 3.63) is 168 Å². The molecule has 0 aliphatic carbocycles. The second kappa shape index (κ2) is 16.7. The van der Waals surface area contributed by atoms with Gasteiger partial charge in [0, 0.05) is 50.2 Å². The van der Waals surface area contributed by atoms with Gasteiger partial charge in [-0.25, -0.2) is 0 Å². The van der Waals surface area contributed by atoms with E-state index in [4.69, 9.17) is 15.0 Å². The maximum Gasteiger partial charge on any atom is 0.227 e. The van der Waals surface area contributed by atoms with Crippen LogP contribution in [0.5, 0.6) is 0 Å². The number of aromatic nitrogens is 6. The fraction of sp³-hybridized carbons (Fsp3) is 0.226. The van der Waals surface area contributed by atoms with Crippen LogP contribution in [0, 0.1) is 6.33 Å². The zero-order valence-corrected chi connectivity index (χ0v) is 37.7. The van der Waals surface area contributed by atoms with Crippen LogP contribution in [0.1, 0.15) is 101 Å². The topological polar surface area (TPSA) is 53.6 Å². The molecule has 6 aromatic carbocycles. The molecule has 305 valence electrons. The maximum atomic E-state index is 4.80. The van der Waals surface area contributed by atoms with Gasteiger partial charge in [-0.2, -0.15) is 4.98 Å². The molecule has 0 saturated heterocycles. The van der Waals surface area contributed by atoms with Crippen LogP contribution in [0.15, 0.2) is 140 Å². The monoisotopic (exact) mass is 968 g/mol. The van der Waals surface area contributed by atoms with Crippen LogP contribution < -0.4 is 9.55 Å². The Morgan fingerprint density at radius 1 is 0.517 bits per heavy atom. The molecule has 10 aromatic rings. The van der Waals surface area contributed by atoms with E-state index in [0.29, 0.717) is 23.7 Å². The van der Waals surface area contributed by atoms with Crippen LogP contribution >= 0.6 is 0 Å². The first-order valence-corrected chi connectivity index (χ1v) is 21.0. The number of hydrogen-bond donors (Lipinski definition) is 0. The van der Waals surface area contributed by atoms with Gasteiger partial charge < -0.3 is 14.1 Å². The third kappa shape index (κ3) is 7.07. The Bertz CT molecular complexity index is 2940. The third-order valence-corrected chi connectivity index (χ3v) is 11.7. The summed E-state index contributed by atoms with van der Waals surface area (Å²) in [7, 11) is 0. The average molecular weight is 969 g/mol. The van der Waals surface area contributed by atoms with Crippen LogP contribution in [0.4, 0.5) is 0 Å². The molecule has 0 N–H and O–H groups in total. The second-order valence-corrected chi connectivity index (χ2v) is 16.9. The number of rotatable bonds is 7. The van der Waals surface area contributed by atoms with E-state index < -0.39 is 0 Å². The molecule has 0 atom stereocenters. The molecule has 0 saturated carbocycles. The minimum atomic E-state index is 0. The van der Waals surface area contributed by atoms with Crippen LogP contribution in [0.2, 0.25) is 0 Å². The van der Waals surface area contributed by atoms with E-state index in [1.54, 1.807) is 12.4 Å². The number of fused-ring (bicyclic) bond motifs is 7. The van der Waals surface area contributed by atoms with E-state index in [1.807, 2.05) is 6.07 Å². The molecule has 0 amide bonds. The van der Waals surface area contributed by atoms with E-state index in [2.05, 4.69) is 197 Å². The van der Waals surface area contributed by atoms with E-state index in [9.17, 15) is 0 Å². The molecule has 0 aliphatic rings. The van der Waals surface area contributed by atoms with E-state index in [0.717, 1.165) is 22.3 Å². The van der Waals surface area contributed by atoms with Gasteiger partial charge in [0.1, 0.15) is 6.20 Å². The molecule has 10 rings (SSSR count). The van der Waals surface area contributed by atoms with Crippen molar-refractivity contribution < 1.29 is 26.9 Å². The van der Waals surface area contributed by atoms with Crippen LogP contribution in [-0.2, 0) is 22.4 Å². The summed E-state index contributed by atoms with van der Waals surface area (Å²) in [4.78, 5) is 14.4. The molecule has 0 fully saturated rings. The molecular formula is C53H51AuN6-. The van der Waals surface area contributed by atoms with Crippen molar-refractivity contribution in [3.8, 4) is 17.1 Å². The zero-order chi connectivity index (χ0) is 40.9. The Labute approximate surface area is 368 Å². The molecule has 4 aromatic heterocycles. The van der Waals surface area contributed by atoms with Crippen molar-refractivity contribution >= 4 is 54.9 Å². The van der Waals surface area contributed by atoms with Crippen molar-refractivity contribution in [2.75, 3.05) is 0 Å². The van der Waals surface area contributed by atoms with Crippen LogP contribution in [0.25, 0.3) is 72.0 Å². The summed E-state index contributed by atoms with van der Waals surface area (Å²) in [6, 6.07) is 45.4. The molecule has 0 unspecified atom stereocenters. The molecular weight excluding hydrogens is 918 g/mol. The minimum Gasteiger partial charge on any atom is -0.657 e. The summed E-state index contributed by atoms with van der Waals surface area (Å²) in [5, 5.41) is 4.99. The Hall–Kier alpha value is -5.79. The van der Waals surface area contributed by atoms with Gasteiger partial charge in [0.2, 0.25) is 5.65 Å². The van der Waals surface area contributed by atoms with E-state index >= 15 is 0 Å². The van der Waals surface area contributed by atoms with Crippen LogP contribution in [0.3, 0.4) is 0 Å². The molecule has 60 heavy (non-hydrogen) atoms. The smallest absolute Gasteiger partial charge is 0.227 e. The molecule has 0 aliphatic heterocycles. The Kier molecular flexibility index (Phi) is 11.4. The van der Waals surface area contributed by atoms with Crippen molar-refractivity contribution in [2.24, 2.45) is 0 Å². The normalized spacial score (nSPS) is 11.8. The van der Waals surface area contributed by atoms with Crippen molar-refractivity contribution in [3.63, 3.8) is 0 Å². The number of benzene rings is 6. The summed E-state index contributed by atoms with van der Waals surface area (Å²) in [6.07, 6.45) is 7.27. The predicted octanol–water partition coefficient (Wildman–Crippen LogP) is 13.0. The first-order chi connectivity index (χ1) is 28.6. The second-order valence-electron chi connectivity index (χ2n) is 16.9. The SMILES string of the molecule is CC(C)c1cccc(C(C)C)c1-n1[c-][n+](-c2c(C(C)C)cccc2C(C)C)c2nccnc21.[Au].c1ccc2c(c1)[n-]c1ccc(-n3c4ccccc4c4ccccc43)cc12. The first kappa shape index (κ1) is 41.0. The van der Waals surface area contributed by atoms with Gasteiger partial charge in [-0.15, -0.1) is 11.0 Å². The summed E-state index contributed by atoms with van der Waals surface area (Å²) in [5.41, 5.74) is 15.0. The van der Waals surface area contributed by atoms with Crippen molar-refractivity contribution in [1.29, 1.82) is 0 Å². The number of imidazole rings is 1. The largest absolute Gasteiger partial charge is 0.657 e. The van der Waals surface area contributed by atoms with Gasteiger partial charge in [-0.05, 0) is 81.0 Å². The summed E-state index contributed by atoms with van der Waals surface area (Å²) < 4.78 is 6.65. The van der Waals surface area contributed by atoms with E-state index in [-0.39, 0.29) is 22.4 Å². The molecule has 6 nitrogen and oxygen atoms in total. The molecule has 0 bridgehead atoms. The Morgan fingerprint density at radius 3 is 1.60 bits per heavy atom. The van der Waals surface area contributed by atoms with Gasteiger partial charge in [0.05, 0.1) is 17.2 Å². The molecule has 0 spiro atoms. The number of hydrogen-bond acceptors (Lipinski definition) is 2. The molecule has 4 heterocycles. The first-order valence-electron chi connectivity index (χ1n) is 21.0. The van der Waals surface area contributed by atoms with Gasteiger partial charge >= 0.3 is 0 Å². The van der Waals surface area contributed by atoms with Gasteiger partial charge in [0.25, 0.3) is 0 Å².